The maximum Gasteiger partial charge on any atom is 0.346 e. The van der Waals surface area contributed by atoms with Gasteiger partial charge in [0.1, 0.15) is 17.5 Å². The van der Waals surface area contributed by atoms with Gasteiger partial charge < -0.3 is 5.32 Å². The van der Waals surface area contributed by atoms with Crippen LogP contribution in [-0.2, 0) is 0 Å². The minimum absolute atomic E-state index is 0.163. The van der Waals surface area contributed by atoms with E-state index in [1.807, 2.05) is 6.07 Å². The fourth-order valence-corrected chi connectivity index (χ4v) is 3.75. The van der Waals surface area contributed by atoms with Crippen molar-refractivity contribution in [3.05, 3.63) is 70.4 Å². The third kappa shape index (κ3) is 4.47. The molecule has 1 unspecified atom stereocenters. The Morgan fingerprint density at radius 3 is 2.58 bits per heavy atom. The number of H-pyrrole nitrogens is 1. The Labute approximate surface area is 176 Å². The Kier molecular flexibility index (Phi) is 5.79. The molecule has 1 atom stereocenters. The van der Waals surface area contributed by atoms with Crippen LogP contribution >= 0.6 is 0 Å². The number of amides is 2. The van der Waals surface area contributed by atoms with Crippen molar-refractivity contribution in [1.82, 2.24) is 24.8 Å². The summed E-state index contributed by atoms with van der Waals surface area (Å²) >= 11 is 0. The summed E-state index contributed by atoms with van der Waals surface area (Å²) in [5.41, 5.74) is 1.00. The van der Waals surface area contributed by atoms with Crippen LogP contribution in [0.25, 0.3) is 5.52 Å². The van der Waals surface area contributed by atoms with Gasteiger partial charge in [-0.15, -0.1) is 0 Å². The van der Waals surface area contributed by atoms with Crippen molar-refractivity contribution in [2.45, 2.75) is 44.2 Å². The zero-order valence-electron chi connectivity index (χ0n) is 16.6. The monoisotopic (exact) mass is 428 g/mol. The zero-order valence-corrected chi connectivity index (χ0v) is 16.6. The van der Waals surface area contributed by atoms with E-state index in [9.17, 15) is 18.4 Å². The number of carbonyl (C=O) groups excluding carboxylic acids is 1. The first-order chi connectivity index (χ1) is 14.9. The number of likely N-dealkylation sites (tertiary alicyclic amines) is 1. The van der Waals surface area contributed by atoms with Gasteiger partial charge in [0.15, 0.2) is 0 Å². The molecular weight excluding hydrogens is 406 g/mol. The first-order valence-corrected chi connectivity index (χ1v) is 10.1. The number of rotatable bonds is 2. The molecule has 162 valence electrons. The number of aromatic amines is 1. The number of carbonyl (C=O) groups is 1. The summed E-state index contributed by atoms with van der Waals surface area (Å²) in [6.45, 7) is 0. The minimum Gasteiger partial charge on any atom is -0.335 e. The highest BCUT2D eigenvalue weighted by Gasteiger charge is 2.36. The highest BCUT2D eigenvalue weighted by molar-refractivity contribution is 5.98. The Morgan fingerprint density at radius 2 is 1.94 bits per heavy atom. The normalized spacial score (nSPS) is 18.5. The van der Waals surface area contributed by atoms with Gasteiger partial charge in [-0.25, -0.2) is 23.5 Å². The Hall–Kier alpha value is -3.56. The summed E-state index contributed by atoms with van der Waals surface area (Å²) in [5, 5.41) is 16.7. The van der Waals surface area contributed by atoms with Gasteiger partial charge in [-0.3, -0.25) is 14.7 Å². The van der Waals surface area contributed by atoms with Crippen LogP contribution in [0.5, 0.6) is 0 Å². The summed E-state index contributed by atoms with van der Waals surface area (Å²) in [5.74, 6) is -1.13. The van der Waals surface area contributed by atoms with Gasteiger partial charge in [0.25, 0.3) is 0 Å². The van der Waals surface area contributed by atoms with Gasteiger partial charge in [-0.2, -0.15) is 5.10 Å². The quantitative estimate of drug-likeness (QED) is 0.583. The van der Waals surface area contributed by atoms with Gasteiger partial charge in [0.2, 0.25) is 0 Å². The van der Waals surface area contributed by atoms with E-state index >= 15 is 0 Å². The summed E-state index contributed by atoms with van der Waals surface area (Å²) in [6, 6.07) is 6.25. The largest absolute Gasteiger partial charge is 0.346 e. The molecule has 3 aromatic rings. The fraction of sp³-hybridized carbons (Fsp3) is 0.333. The van der Waals surface area contributed by atoms with Gasteiger partial charge in [-0.1, -0.05) is 0 Å². The predicted molar refractivity (Wildman–Crippen MR) is 110 cm³/mol. The van der Waals surface area contributed by atoms with E-state index in [1.165, 1.54) is 21.4 Å². The van der Waals surface area contributed by atoms with E-state index in [1.54, 1.807) is 18.5 Å². The highest BCUT2D eigenvalue weighted by Crippen LogP contribution is 2.34. The second kappa shape index (κ2) is 8.66. The lowest BCUT2D eigenvalue weighted by molar-refractivity contribution is 0.200. The molecular formula is C21H22F2N6O2. The number of urea groups is 1. The van der Waals surface area contributed by atoms with E-state index in [-0.39, 0.29) is 23.6 Å². The van der Waals surface area contributed by atoms with Crippen molar-refractivity contribution in [1.29, 1.82) is 5.41 Å². The number of aromatic nitrogens is 3. The third-order valence-electron chi connectivity index (χ3n) is 5.53. The summed E-state index contributed by atoms with van der Waals surface area (Å²) < 4.78 is 28.2. The molecule has 2 aliphatic rings. The van der Waals surface area contributed by atoms with Crippen LogP contribution < -0.4 is 11.0 Å². The lowest BCUT2D eigenvalue weighted by atomic mass is 9.93. The minimum atomic E-state index is -0.664. The standard InChI is InChI=1S/C15H17F2N3O.C6H5N3O/c16-10-6-9(7-11(17)8-10)13-4-5-14(18)20(13)15(21)19-12-2-1-3-12;10-6-8-7-4-5-2-1-3-9(5)6/h6-8,12-13,18H,1-5H2,(H,19,21);1-4H,(H,8,10). The number of hydrogen-bond acceptors (Lipinski definition) is 4. The number of hydrogen-bond donors (Lipinski definition) is 3. The van der Waals surface area contributed by atoms with Crippen LogP contribution in [0.4, 0.5) is 13.6 Å². The van der Waals surface area contributed by atoms with Crippen LogP contribution in [0, 0.1) is 17.0 Å². The smallest absolute Gasteiger partial charge is 0.335 e. The molecule has 3 heterocycles. The molecule has 31 heavy (non-hydrogen) atoms. The maximum absolute atomic E-state index is 13.4. The first kappa shape index (κ1) is 20.7. The van der Waals surface area contributed by atoms with Crippen molar-refractivity contribution >= 4 is 17.4 Å². The molecule has 0 spiro atoms. The lowest BCUT2D eigenvalue weighted by Gasteiger charge is -2.31. The Morgan fingerprint density at radius 1 is 1.19 bits per heavy atom. The van der Waals surface area contributed by atoms with Crippen LogP contribution in [0.15, 0.2) is 47.5 Å². The van der Waals surface area contributed by atoms with Crippen molar-refractivity contribution in [3.63, 3.8) is 0 Å². The summed E-state index contributed by atoms with van der Waals surface area (Å²) in [6.07, 6.45) is 7.23. The third-order valence-corrected chi connectivity index (χ3v) is 5.53. The number of nitrogens with one attached hydrogen (secondary N) is 3. The molecule has 3 N–H and O–H groups in total. The Bertz CT molecular complexity index is 1150. The van der Waals surface area contributed by atoms with E-state index in [4.69, 9.17) is 5.41 Å². The molecule has 2 aromatic heterocycles. The van der Waals surface area contributed by atoms with E-state index in [0.717, 1.165) is 30.8 Å². The molecule has 8 nitrogen and oxygen atoms in total. The van der Waals surface area contributed by atoms with E-state index in [2.05, 4.69) is 15.5 Å². The Balaban J connectivity index is 0.000000192. The van der Waals surface area contributed by atoms with Gasteiger partial charge in [-0.05, 0) is 55.5 Å². The molecule has 1 aliphatic heterocycles. The molecule has 2 fully saturated rings. The highest BCUT2D eigenvalue weighted by atomic mass is 19.1. The van der Waals surface area contributed by atoms with Crippen molar-refractivity contribution in [2.24, 2.45) is 0 Å². The number of fused-ring (bicyclic) bond motifs is 1. The second-order valence-electron chi connectivity index (χ2n) is 7.63. The lowest BCUT2D eigenvalue weighted by Crippen LogP contribution is -2.48. The summed E-state index contributed by atoms with van der Waals surface area (Å²) in [7, 11) is 0. The number of benzene rings is 1. The van der Waals surface area contributed by atoms with Gasteiger partial charge in [0, 0.05) is 24.7 Å². The van der Waals surface area contributed by atoms with E-state index < -0.39 is 17.7 Å². The maximum atomic E-state index is 13.4. The van der Waals surface area contributed by atoms with Crippen molar-refractivity contribution in [3.8, 4) is 0 Å². The molecule has 1 aliphatic carbocycles. The van der Waals surface area contributed by atoms with Gasteiger partial charge >= 0.3 is 11.7 Å². The zero-order chi connectivity index (χ0) is 22.0. The van der Waals surface area contributed by atoms with Crippen molar-refractivity contribution < 1.29 is 13.6 Å². The van der Waals surface area contributed by atoms with E-state index in [0.29, 0.717) is 18.4 Å². The van der Waals surface area contributed by atoms with Crippen LogP contribution in [-0.4, -0.2) is 37.4 Å². The number of amidine groups is 1. The molecule has 0 radical (unpaired) electrons. The predicted octanol–water partition coefficient (Wildman–Crippen LogP) is 3.36. The number of halogens is 2. The van der Waals surface area contributed by atoms with Crippen LogP contribution in [0.2, 0.25) is 0 Å². The average Bonchev–Trinajstić information content (AvgIpc) is 3.32. The second-order valence-corrected chi connectivity index (χ2v) is 7.63. The average molecular weight is 428 g/mol. The molecule has 1 saturated carbocycles. The molecule has 0 bridgehead atoms. The molecule has 10 heteroatoms. The fourth-order valence-electron chi connectivity index (χ4n) is 3.75. The molecule has 1 saturated heterocycles. The molecule has 5 rings (SSSR count). The molecule has 2 amide bonds. The van der Waals surface area contributed by atoms with Crippen LogP contribution in [0.1, 0.15) is 43.7 Å². The van der Waals surface area contributed by atoms with Crippen molar-refractivity contribution in [2.75, 3.05) is 0 Å². The first-order valence-electron chi connectivity index (χ1n) is 10.1. The number of nitrogens with zero attached hydrogens (tertiary/aromatic N) is 3. The topological polar surface area (TPSA) is 106 Å². The SMILES string of the molecule is N=C1CCC(c2cc(F)cc(F)c2)N1C(=O)NC1CCC1.O=c1[nH]ncc2cccn12. The molecule has 1 aromatic carbocycles. The van der Waals surface area contributed by atoms with Gasteiger partial charge in [0.05, 0.1) is 17.8 Å². The van der Waals surface area contributed by atoms with Crippen LogP contribution in [0.3, 0.4) is 0 Å². The summed E-state index contributed by atoms with van der Waals surface area (Å²) in [4.78, 5) is 24.5.